The minimum absolute atomic E-state index is 0.00426. The molecule has 1 aliphatic rings. The minimum atomic E-state index is -3.76. The van der Waals surface area contributed by atoms with Crippen molar-refractivity contribution in [2.24, 2.45) is 5.92 Å². The van der Waals surface area contributed by atoms with Gasteiger partial charge in [-0.15, -0.1) is 0 Å². The van der Waals surface area contributed by atoms with Crippen LogP contribution in [0.4, 0.5) is 9.59 Å². The van der Waals surface area contributed by atoms with Gasteiger partial charge in [-0.05, 0) is 81.8 Å². The maximum Gasteiger partial charge on any atom is 0.410 e. The number of amides is 5. The first kappa shape index (κ1) is 37.1. The van der Waals surface area contributed by atoms with Crippen LogP contribution in [0.15, 0.2) is 91.0 Å². The first-order chi connectivity index (χ1) is 31.3. The van der Waals surface area contributed by atoms with Crippen molar-refractivity contribution in [1.82, 2.24) is 26.2 Å². The number of carbonyl (C=O) groups excluding carboxylic acids is 6. The van der Waals surface area contributed by atoms with Crippen molar-refractivity contribution in [1.29, 1.82) is 0 Å². The molecule has 5 amide bonds. The van der Waals surface area contributed by atoms with E-state index in [1.54, 1.807) is 78.9 Å². The molecule has 1 heterocycles. The largest absolute Gasteiger partial charge is 0.459 e. The van der Waals surface area contributed by atoms with E-state index in [1.807, 2.05) is 26.0 Å². The topological polar surface area (TPSA) is 181 Å². The third kappa shape index (κ3) is 16.4. The van der Waals surface area contributed by atoms with Gasteiger partial charge in [0.05, 0.1) is 1.37 Å². The Bertz CT molecular complexity index is 2170. The van der Waals surface area contributed by atoms with E-state index >= 15 is 0 Å². The van der Waals surface area contributed by atoms with Gasteiger partial charge in [0.25, 0.3) is 0 Å². The van der Waals surface area contributed by atoms with E-state index in [0.717, 1.165) is 5.56 Å². The molecule has 0 bridgehead atoms. The Balaban J connectivity index is 1.63. The molecule has 3 aromatic rings. The molecule has 1 aliphatic heterocycles. The van der Waals surface area contributed by atoms with Crippen molar-refractivity contribution >= 4 is 35.9 Å². The van der Waals surface area contributed by atoms with Gasteiger partial charge in [-0.1, -0.05) is 105 Å². The summed E-state index contributed by atoms with van der Waals surface area (Å²) >= 11 is 0. The molecule has 0 unspecified atom stereocenters. The fourth-order valence-corrected chi connectivity index (χ4v) is 5.91. The second kappa shape index (κ2) is 23.6. The fraction of sp³-hybridized carbons (Fsp3) is 0.478. The van der Waals surface area contributed by atoms with Crippen LogP contribution < -0.4 is 21.3 Å². The number of esters is 1. The van der Waals surface area contributed by atoms with Crippen LogP contribution in [-0.2, 0) is 53.0 Å². The van der Waals surface area contributed by atoms with Gasteiger partial charge in [0.15, 0.2) is 0 Å². The Kier molecular flexibility index (Phi) is 14.6. The summed E-state index contributed by atoms with van der Waals surface area (Å²) in [6, 6.07) is 18.4. The molecule has 60 heavy (non-hydrogen) atoms. The highest BCUT2D eigenvalue weighted by molar-refractivity contribution is 5.95. The summed E-state index contributed by atoms with van der Waals surface area (Å²) in [4.78, 5) is 82.3. The molecule has 1 fully saturated rings. The van der Waals surface area contributed by atoms with E-state index in [-0.39, 0.29) is 62.7 Å². The molecule has 14 heteroatoms. The van der Waals surface area contributed by atoms with Crippen LogP contribution in [0.2, 0.25) is 0 Å². The molecule has 1 saturated heterocycles. The Morgan fingerprint density at radius 2 is 1.30 bits per heavy atom. The summed E-state index contributed by atoms with van der Waals surface area (Å²) < 4.78 is 76.6. The second-order valence-electron chi connectivity index (χ2n) is 15.6. The molecule has 0 radical (unpaired) electrons. The van der Waals surface area contributed by atoms with E-state index in [1.165, 1.54) is 20.8 Å². The molecule has 324 valence electrons. The average molecular weight is 842 g/mol. The van der Waals surface area contributed by atoms with Crippen LogP contribution in [-0.4, -0.2) is 83.6 Å². The molecule has 4 atom stereocenters. The lowest BCUT2D eigenvalue weighted by molar-refractivity contribution is -0.150. The van der Waals surface area contributed by atoms with Gasteiger partial charge >= 0.3 is 18.2 Å². The molecule has 4 rings (SSSR count). The molecule has 0 saturated carbocycles. The highest BCUT2D eigenvalue weighted by Crippen LogP contribution is 2.22. The third-order valence-corrected chi connectivity index (χ3v) is 8.83. The van der Waals surface area contributed by atoms with Crippen LogP contribution >= 0.6 is 0 Å². The van der Waals surface area contributed by atoms with Crippen molar-refractivity contribution in [3.8, 4) is 0 Å². The molecule has 14 nitrogen and oxygen atoms in total. The number of ether oxygens (including phenoxy) is 3. The minimum Gasteiger partial charge on any atom is -0.459 e. The number of hydrogen-bond donors (Lipinski definition) is 4. The number of hydrogen-bond acceptors (Lipinski definition) is 9. The number of carbonyl (C=O) groups is 6. The number of nitrogens with zero attached hydrogens (tertiary/aromatic N) is 1. The zero-order valence-corrected chi connectivity index (χ0v) is 34.7. The predicted molar refractivity (Wildman–Crippen MR) is 226 cm³/mol. The lowest BCUT2D eigenvalue weighted by Gasteiger charge is -2.29. The van der Waals surface area contributed by atoms with E-state index in [9.17, 15) is 30.1 Å². The summed E-state index contributed by atoms with van der Waals surface area (Å²) in [5, 5.41) is 10.2. The van der Waals surface area contributed by atoms with E-state index in [4.69, 9.17) is 22.4 Å². The summed E-state index contributed by atoms with van der Waals surface area (Å²) in [5.74, 6) is -4.42. The van der Waals surface area contributed by atoms with Crippen LogP contribution in [0.25, 0.3) is 0 Å². The van der Waals surface area contributed by atoms with Crippen molar-refractivity contribution in [3.63, 3.8) is 0 Å². The lowest BCUT2D eigenvalue weighted by Crippen LogP contribution is -2.58. The average Bonchev–Trinajstić information content (AvgIpc) is 3.34. The predicted octanol–water partition coefficient (Wildman–Crippen LogP) is 5.97. The van der Waals surface area contributed by atoms with Crippen molar-refractivity contribution in [2.75, 3.05) is 13.0 Å². The van der Waals surface area contributed by atoms with Crippen molar-refractivity contribution in [2.45, 2.75) is 122 Å². The number of rotatable bonds is 20. The summed E-state index contributed by atoms with van der Waals surface area (Å²) in [5.41, 5.74) is 0.693. The number of alkyl carbamates (subject to hydrolysis) is 1. The molecule has 4 N–H and O–H groups in total. The number of likely N-dealkylation sites (tertiary alicyclic amines) is 1. The van der Waals surface area contributed by atoms with Gasteiger partial charge in [-0.25, -0.2) is 14.4 Å². The SMILES string of the molecule is [3H]C1([3H])N(C(=O)OC(C)(C)C)[C@@]([3H])(C(=O)N[C@@H](CCCCNC(=O)OCc2ccccc2)C(=O)N[C@@H](Cc2ccccc2)C(=O)N[C@@H](CC(C)C)C(=O)OCc2ccccc2)C([3H])([3H])C1([3H])[3H]. The van der Waals surface area contributed by atoms with Gasteiger partial charge in [-0.2, -0.15) is 0 Å². The smallest absolute Gasteiger partial charge is 0.410 e. The maximum absolute atomic E-state index is 14.5. The standard InChI is InChI=1S/C46H61N5O9/c1-32(2)28-38(43(55)58-30-34-20-11-7-12-21-34)50-41(53)37(29-33-18-9-6-10-19-33)49-40(52)36(24-15-16-26-47-44(56)59-31-35-22-13-8-14-23-35)48-42(54)39-25-17-27-51(39)45(57)60-46(3,4)5/h6-14,18-23,32,36-39H,15-17,24-31H2,1-5H3,(H,47,56)(H,48,54)(H,49,52)(H,50,53)/t36-,37-,38-,39+/m0/s1/i17T2,25T2,27T2,39T. The zero-order valence-electron chi connectivity index (χ0n) is 41.7. The molecular weight excluding hydrogens is 767 g/mol. The molecule has 0 spiro atoms. The first-order valence-electron chi connectivity index (χ1n) is 23.5. The van der Waals surface area contributed by atoms with Gasteiger partial charge in [0.2, 0.25) is 17.7 Å². The molecular formula is C46H61N5O9. The van der Waals surface area contributed by atoms with E-state index in [0.29, 0.717) is 11.1 Å². The van der Waals surface area contributed by atoms with Gasteiger partial charge in [0, 0.05) is 27.7 Å². The highest BCUT2D eigenvalue weighted by Gasteiger charge is 2.38. The summed E-state index contributed by atoms with van der Waals surface area (Å²) in [7, 11) is 0. The maximum atomic E-state index is 14.5. The molecule has 0 aromatic heterocycles. The quantitative estimate of drug-likeness (QED) is 0.0606. The van der Waals surface area contributed by atoms with Crippen molar-refractivity contribution < 1.29 is 52.6 Å². The zero-order chi connectivity index (χ0) is 49.8. The third-order valence-electron chi connectivity index (χ3n) is 8.83. The van der Waals surface area contributed by atoms with Gasteiger partial charge in [-0.3, -0.25) is 19.3 Å². The van der Waals surface area contributed by atoms with Crippen molar-refractivity contribution in [3.05, 3.63) is 108 Å². The monoisotopic (exact) mass is 842 g/mol. The Hall–Kier alpha value is -5.92. The van der Waals surface area contributed by atoms with Crippen LogP contribution in [0.1, 0.15) is 99.3 Å². The Morgan fingerprint density at radius 3 is 1.88 bits per heavy atom. The van der Waals surface area contributed by atoms with Gasteiger partial charge < -0.3 is 35.5 Å². The number of nitrogens with one attached hydrogen (secondary N) is 4. The van der Waals surface area contributed by atoms with Crippen LogP contribution in [0.3, 0.4) is 0 Å². The molecule has 3 aromatic carbocycles. The lowest BCUT2D eigenvalue weighted by atomic mass is 10.0. The van der Waals surface area contributed by atoms with Crippen LogP contribution in [0.5, 0.6) is 0 Å². The Labute approximate surface area is 363 Å². The summed E-state index contributed by atoms with van der Waals surface area (Å²) in [6.07, 6.45) is -9.88. The van der Waals surface area contributed by atoms with Gasteiger partial charge in [0.1, 0.15) is 43.0 Å². The van der Waals surface area contributed by atoms with Crippen LogP contribution in [0, 0.1) is 5.92 Å². The second-order valence-corrected chi connectivity index (χ2v) is 15.6. The summed E-state index contributed by atoms with van der Waals surface area (Å²) in [6.45, 7) is 4.20. The number of unbranched alkanes of at least 4 members (excludes halogenated alkanes) is 1. The number of benzene rings is 3. The molecule has 0 aliphatic carbocycles. The first-order valence-corrected chi connectivity index (χ1v) is 20.0. The van der Waals surface area contributed by atoms with E-state index in [2.05, 4.69) is 21.3 Å². The highest BCUT2D eigenvalue weighted by atomic mass is 16.6. The van der Waals surface area contributed by atoms with E-state index < -0.39 is 84.9 Å². The fourth-order valence-electron chi connectivity index (χ4n) is 5.91. The normalized spacial score (nSPS) is 20.7. The Morgan fingerprint density at radius 1 is 0.750 bits per heavy atom.